The van der Waals surface area contributed by atoms with E-state index in [2.05, 4.69) is 20.3 Å². The maximum Gasteiger partial charge on any atom is 0.254 e. The molecule has 8 nitrogen and oxygen atoms in total. The van der Waals surface area contributed by atoms with Crippen molar-refractivity contribution >= 4 is 23.3 Å². The molecular weight excluding hydrogens is 526 g/mol. The molecule has 0 radical (unpaired) electrons. The minimum Gasteiger partial charge on any atom is -0.384 e. The molecule has 0 bridgehead atoms. The Balaban J connectivity index is 1.38. The number of rotatable bonds is 2. The summed E-state index contributed by atoms with van der Waals surface area (Å²) in [5, 5.41) is 3.15. The van der Waals surface area contributed by atoms with Crippen LogP contribution in [0.25, 0.3) is 22.4 Å². The zero-order valence-electron chi connectivity index (χ0n) is 20.7. The number of nitrogen functional groups attached to an aromatic ring is 1. The van der Waals surface area contributed by atoms with Gasteiger partial charge < -0.3 is 20.6 Å². The summed E-state index contributed by atoms with van der Waals surface area (Å²) in [5.41, 5.74) is 7.29. The molecule has 198 valence electrons. The summed E-state index contributed by atoms with van der Waals surface area (Å²) in [5.74, 6) is -1.19. The van der Waals surface area contributed by atoms with Crippen molar-refractivity contribution in [3.05, 3.63) is 86.3 Å². The van der Waals surface area contributed by atoms with Crippen LogP contribution in [0.5, 0.6) is 0 Å². The molecule has 1 fully saturated rings. The van der Waals surface area contributed by atoms with Crippen LogP contribution in [-0.2, 0) is 12.8 Å². The molecule has 1 saturated carbocycles. The molecule has 4 N–H and O–H groups in total. The Labute approximate surface area is 226 Å². The molecule has 3 aliphatic rings. The SMILES string of the molecule is Nc1ccc(-c2cnc([C@H]3CCc4c5c(cc(=O)n43)-c3c(ccc(Cl)c3F)CC3(CCC3)NC5=O)[nH]2)c(F)n1. The van der Waals surface area contributed by atoms with Gasteiger partial charge in [-0.1, -0.05) is 17.7 Å². The Morgan fingerprint density at radius 3 is 2.67 bits per heavy atom. The highest BCUT2D eigenvalue weighted by atomic mass is 35.5. The average molecular weight is 549 g/mol. The summed E-state index contributed by atoms with van der Waals surface area (Å²) < 4.78 is 31.6. The van der Waals surface area contributed by atoms with E-state index in [1.807, 2.05) is 0 Å². The Morgan fingerprint density at radius 1 is 1.10 bits per heavy atom. The van der Waals surface area contributed by atoms with Crippen LogP contribution in [0.15, 0.2) is 41.3 Å². The Kier molecular flexibility index (Phi) is 5.22. The van der Waals surface area contributed by atoms with Crippen molar-refractivity contribution in [3.8, 4) is 22.4 Å². The van der Waals surface area contributed by atoms with Crippen molar-refractivity contribution in [2.24, 2.45) is 0 Å². The third-order valence-electron chi connectivity index (χ3n) is 8.29. The quantitative estimate of drug-likeness (QED) is 0.317. The van der Waals surface area contributed by atoms with Crippen molar-refractivity contribution < 1.29 is 13.6 Å². The van der Waals surface area contributed by atoms with Crippen LogP contribution in [0.4, 0.5) is 14.6 Å². The lowest BCUT2D eigenvalue weighted by atomic mass is 9.70. The summed E-state index contributed by atoms with van der Waals surface area (Å²) in [6.07, 6.45) is 5.37. The van der Waals surface area contributed by atoms with E-state index in [4.69, 9.17) is 17.3 Å². The van der Waals surface area contributed by atoms with Crippen molar-refractivity contribution in [2.75, 3.05) is 5.73 Å². The average Bonchev–Trinajstić information content (AvgIpc) is 3.52. The fraction of sp³-hybridized carbons (Fsp3) is 0.286. The summed E-state index contributed by atoms with van der Waals surface area (Å²) >= 11 is 6.19. The number of nitrogens with two attached hydrogens (primary N) is 1. The number of hydrogen-bond acceptors (Lipinski definition) is 5. The third-order valence-corrected chi connectivity index (χ3v) is 8.58. The van der Waals surface area contributed by atoms with Crippen LogP contribution in [0.2, 0.25) is 5.02 Å². The number of benzene rings is 1. The highest BCUT2D eigenvalue weighted by molar-refractivity contribution is 6.31. The van der Waals surface area contributed by atoms with E-state index in [9.17, 15) is 14.0 Å². The van der Waals surface area contributed by atoms with E-state index < -0.39 is 23.3 Å². The first-order chi connectivity index (χ1) is 18.7. The molecule has 1 aromatic carbocycles. The fourth-order valence-electron chi connectivity index (χ4n) is 6.31. The van der Waals surface area contributed by atoms with E-state index in [-0.39, 0.29) is 44.6 Å². The highest BCUT2D eigenvalue weighted by Gasteiger charge is 2.43. The Bertz CT molecular complexity index is 1760. The highest BCUT2D eigenvalue weighted by Crippen LogP contribution is 2.44. The first kappa shape index (κ1) is 24.0. The van der Waals surface area contributed by atoms with Crippen LogP contribution in [-0.4, -0.2) is 31.0 Å². The molecule has 1 atom stereocenters. The minimum absolute atomic E-state index is 0.0602. The molecule has 1 aliphatic carbocycles. The Morgan fingerprint density at radius 2 is 1.92 bits per heavy atom. The zero-order valence-corrected chi connectivity index (χ0v) is 21.4. The maximum atomic E-state index is 15.6. The number of carbonyl (C=O) groups is 1. The van der Waals surface area contributed by atoms with Crippen LogP contribution >= 0.6 is 11.6 Å². The van der Waals surface area contributed by atoms with E-state index in [0.717, 1.165) is 19.3 Å². The summed E-state index contributed by atoms with van der Waals surface area (Å²) in [7, 11) is 0. The van der Waals surface area contributed by atoms with Gasteiger partial charge in [-0.3, -0.25) is 9.59 Å². The van der Waals surface area contributed by atoms with Crippen LogP contribution in [0.3, 0.4) is 0 Å². The smallest absolute Gasteiger partial charge is 0.254 e. The number of halogens is 3. The molecule has 11 heteroatoms. The number of nitrogens with one attached hydrogen (secondary N) is 2. The molecule has 2 aliphatic heterocycles. The molecule has 3 aromatic heterocycles. The standard InChI is InChI=1S/C28H23ClF2N6O2/c29-16-4-2-13-11-28(8-1-9-28)36-27(39)23-15(22(13)24(16)30)10-21(38)37-18(23)5-6-19(37)26-33-12-17(34-26)14-3-7-20(32)35-25(14)31/h2-4,7,10,12,19H,1,5-6,8-9,11H2,(H2,32,35)(H,33,34)(H,36,39)/t19-/m1/s1. The largest absolute Gasteiger partial charge is 0.384 e. The molecule has 0 unspecified atom stereocenters. The lowest BCUT2D eigenvalue weighted by molar-refractivity contribution is 0.0823. The van der Waals surface area contributed by atoms with Gasteiger partial charge in [0.2, 0.25) is 5.95 Å². The number of anilines is 1. The molecule has 0 saturated heterocycles. The second-order valence-corrected chi connectivity index (χ2v) is 11.0. The second-order valence-electron chi connectivity index (χ2n) is 10.6. The van der Waals surface area contributed by atoms with E-state index in [1.54, 1.807) is 6.07 Å². The first-order valence-corrected chi connectivity index (χ1v) is 13.2. The molecule has 1 spiro atoms. The van der Waals surface area contributed by atoms with Crippen LogP contribution in [0, 0.1) is 11.8 Å². The Hall–Kier alpha value is -4.05. The second kappa shape index (κ2) is 8.47. The van der Waals surface area contributed by atoms with Gasteiger partial charge in [0.05, 0.1) is 34.1 Å². The predicted molar refractivity (Wildman–Crippen MR) is 142 cm³/mol. The van der Waals surface area contributed by atoms with Gasteiger partial charge in [-0.25, -0.2) is 14.4 Å². The summed E-state index contributed by atoms with van der Waals surface area (Å²) in [6.45, 7) is 0. The van der Waals surface area contributed by atoms with Gasteiger partial charge in [0.15, 0.2) is 0 Å². The van der Waals surface area contributed by atoms with Crippen molar-refractivity contribution in [3.63, 3.8) is 0 Å². The van der Waals surface area contributed by atoms with E-state index >= 15 is 4.39 Å². The molecule has 1 amide bonds. The molecule has 4 aromatic rings. The fourth-order valence-corrected chi connectivity index (χ4v) is 6.47. The number of pyridine rings is 2. The number of aromatic nitrogens is 4. The number of aromatic amines is 1. The molecular formula is C28H23ClF2N6O2. The summed E-state index contributed by atoms with van der Waals surface area (Å²) in [6, 6.07) is 7.10. The van der Waals surface area contributed by atoms with Gasteiger partial charge in [0.1, 0.15) is 17.5 Å². The van der Waals surface area contributed by atoms with Crippen LogP contribution in [0.1, 0.15) is 59.2 Å². The zero-order chi connectivity index (χ0) is 27.1. The molecule has 7 rings (SSSR count). The van der Waals surface area contributed by atoms with Crippen molar-refractivity contribution in [2.45, 2.75) is 50.1 Å². The number of carbonyl (C=O) groups excluding carboxylic acids is 1. The molecule has 39 heavy (non-hydrogen) atoms. The van der Waals surface area contributed by atoms with Gasteiger partial charge in [0.25, 0.3) is 11.5 Å². The van der Waals surface area contributed by atoms with Crippen molar-refractivity contribution in [1.29, 1.82) is 0 Å². The van der Waals surface area contributed by atoms with Gasteiger partial charge in [0, 0.05) is 28.4 Å². The number of fused-ring (bicyclic) bond motifs is 5. The van der Waals surface area contributed by atoms with E-state index in [0.29, 0.717) is 42.0 Å². The third kappa shape index (κ3) is 3.61. The minimum atomic E-state index is -0.739. The van der Waals surface area contributed by atoms with Crippen molar-refractivity contribution in [1.82, 2.24) is 24.8 Å². The number of amides is 1. The van der Waals surface area contributed by atoms with Gasteiger partial charge in [-0.05, 0) is 62.3 Å². The predicted octanol–water partition coefficient (Wildman–Crippen LogP) is 4.56. The summed E-state index contributed by atoms with van der Waals surface area (Å²) in [4.78, 5) is 38.6. The molecule has 5 heterocycles. The number of imidazole rings is 1. The lowest BCUT2D eigenvalue weighted by Crippen LogP contribution is -2.56. The monoisotopic (exact) mass is 548 g/mol. The van der Waals surface area contributed by atoms with Gasteiger partial charge in [-0.15, -0.1) is 0 Å². The van der Waals surface area contributed by atoms with E-state index in [1.165, 1.54) is 35.0 Å². The first-order valence-electron chi connectivity index (χ1n) is 12.8. The number of nitrogens with zero attached hydrogens (tertiary/aromatic N) is 3. The topological polar surface area (TPSA) is 119 Å². The number of hydrogen-bond donors (Lipinski definition) is 3. The normalized spacial score (nSPS) is 18.9. The lowest BCUT2D eigenvalue weighted by Gasteiger charge is -2.44. The van der Waals surface area contributed by atoms with Crippen LogP contribution < -0.4 is 16.6 Å². The maximum absolute atomic E-state index is 15.6. The van der Waals surface area contributed by atoms with Gasteiger partial charge in [-0.2, -0.15) is 4.39 Å². The number of H-pyrrole nitrogens is 1. The van der Waals surface area contributed by atoms with Gasteiger partial charge >= 0.3 is 0 Å².